The molecule has 2 aromatic rings. The summed E-state index contributed by atoms with van der Waals surface area (Å²) < 4.78 is 31.0. The zero-order chi connectivity index (χ0) is 26.3. The van der Waals surface area contributed by atoms with Crippen LogP contribution in [-0.2, 0) is 31.5 Å². The number of carbonyl (C=O) groups is 1. The van der Waals surface area contributed by atoms with Crippen molar-refractivity contribution in [2.75, 3.05) is 20.3 Å². The highest BCUT2D eigenvalue weighted by molar-refractivity contribution is 7.90. The topological polar surface area (TPSA) is 106 Å². The fourth-order valence-corrected chi connectivity index (χ4v) is 9.28. The molecule has 0 bridgehead atoms. The Morgan fingerprint density at radius 1 is 1.36 bits per heavy atom. The van der Waals surface area contributed by atoms with Crippen molar-refractivity contribution in [2.45, 2.75) is 62.7 Å². The second-order valence-corrected chi connectivity index (χ2v) is 14.1. The molecule has 0 spiro atoms. The number of hydrogen-bond donors (Lipinski definition) is 2. The van der Waals surface area contributed by atoms with E-state index in [0.717, 1.165) is 29.8 Å². The van der Waals surface area contributed by atoms with Crippen molar-refractivity contribution in [3.05, 3.63) is 44.9 Å². The normalized spacial score (nSPS) is 28.7. The number of nitrogens with one attached hydrogen (secondary N) is 1. The predicted molar refractivity (Wildman–Crippen MR) is 141 cm³/mol. The lowest BCUT2D eigenvalue weighted by Crippen LogP contribution is -2.53. The van der Waals surface area contributed by atoms with Crippen LogP contribution in [0.2, 0.25) is 5.02 Å². The molecule has 198 valence electrons. The molecule has 36 heavy (non-hydrogen) atoms. The number of benzene rings is 1. The molecule has 7 nitrogen and oxygen atoms in total. The highest BCUT2D eigenvalue weighted by atomic mass is 35.5. The number of methoxy groups -OCH3 is 1. The fourth-order valence-electron chi connectivity index (χ4n) is 6.18. The van der Waals surface area contributed by atoms with E-state index in [-0.39, 0.29) is 45.6 Å². The Kier molecular flexibility index (Phi) is 8.17. The van der Waals surface area contributed by atoms with Crippen LogP contribution in [0.3, 0.4) is 0 Å². The minimum Gasteiger partial charge on any atom is -0.392 e. The van der Waals surface area contributed by atoms with Gasteiger partial charge in [0.2, 0.25) is 5.91 Å². The van der Waals surface area contributed by atoms with E-state index in [4.69, 9.17) is 21.3 Å². The summed E-state index contributed by atoms with van der Waals surface area (Å²) in [5.41, 5.74) is 0.758. The molecule has 1 saturated carbocycles. The molecule has 2 aliphatic rings. The molecule has 6 atom stereocenters. The molecule has 10 heteroatoms. The second-order valence-electron chi connectivity index (χ2n) is 10.5. The molecule has 2 aliphatic carbocycles. The largest absolute Gasteiger partial charge is 0.392 e. The third kappa shape index (κ3) is 5.36. The summed E-state index contributed by atoms with van der Waals surface area (Å²) in [6, 6.07) is 6.19. The van der Waals surface area contributed by atoms with E-state index >= 15 is 0 Å². The number of fused-ring (bicyclic) bond motifs is 2. The van der Waals surface area contributed by atoms with Gasteiger partial charge in [-0.2, -0.15) is 0 Å². The standard InChI is InChI=1S/C26H35ClN2O5S2/c1-15(25(31)28-11-12-34-4)19-9-10-26(3)13-20-23(16(2)22(26)24(19)30)29-21(35-20)14-36(32,33)18-7-5-17(27)6-8-18/h5-8,15-16,19,22,24,30H,9-14H2,1-4H3,(H,28,31)/t15-,16-,19-,22+,24-,26-/m0/s1. The van der Waals surface area contributed by atoms with Gasteiger partial charge in [-0.05, 0) is 60.8 Å². The van der Waals surface area contributed by atoms with Crippen LogP contribution in [0.1, 0.15) is 55.1 Å². The maximum absolute atomic E-state index is 13.0. The molecule has 0 radical (unpaired) electrons. The van der Waals surface area contributed by atoms with E-state index in [9.17, 15) is 18.3 Å². The first-order chi connectivity index (χ1) is 17.0. The van der Waals surface area contributed by atoms with Gasteiger partial charge in [-0.15, -0.1) is 11.3 Å². The zero-order valence-electron chi connectivity index (χ0n) is 21.2. The number of amides is 1. The van der Waals surface area contributed by atoms with Crippen LogP contribution in [0.4, 0.5) is 0 Å². The first-order valence-electron chi connectivity index (χ1n) is 12.4. The number of carbonyl (C=O) groups excluding carboxylic acids is 1. The lowest BCUT2D eigenvalue weighted by atomic mass is 9.53. The van der Waals surface area contributed by atoms with Gasteiger partial charge in [-0.25, -0.2) is 13.4 Å². The van der Waals surface area contributed by atoms with Gasteiger partial charge >= 0.3 is 0 Å². The molecule has 2 N–H and O–H groups in total. The average Bonchev–Trinajstić information content (AvgIpc) is 3.20. The van der Waals surface area contributed by atoms with Gasteiger partial charge in [-0.1, -0.05) is 32.4 Å². The minimum atomic E-state index is -3.55. The summed E-state index contributed by atoms with van der Waals surface area (Å²) in [5, 5.41) is 15.5. The summed E-state index contributed by atoms with van der Waals surface area (Å²) in [6.07, 6.45) is 1.78. The summed E-state index contributed by atoms with van der Waals surface area (Å²) in [6.45, 7) is 7.08. The highest BCUT2D eigenvalue weighted by Crippen LogP contribution is 2.57. The molecule has 1 amide bonds. The zero-order valence-corrected chi connectivity index (χ0v) is 23.5. The Balaban J connectivity index is 1.54. The quantitative estimate of drug-likeness (QED) is 0.473. The smallest absolute Gasteiger partial charge is 0.223 e. The van der Waals surface area contributed by atoms with Crippen LogP contribution >= 0.6 is 22.9 Å². The maximum atomic E-state index is 13.0. The summed E-state index contributed by atoms with van der Waals surface area (Å²) in [7, 11) is -1.96. The minimum absolute atomic E-state index is 0.0384. The van der Waals surface area contributed by atoms with E-state index in [0.29, 0.717) is 23.2 Å². The number of rotatable bonds is 8. The number of ether oxygens (including phenoxy) is 1. The number of thiazole rings is 1. The molecule has 1 heterocycles. The van der Waals surface area contributed by atoms with E-state index in [2.05, 4.69) is 19.2 Å². The van der Waals surface area contributed by atoms with Crippen molar-refractivity contribution < 1.29 is 23.1 Å². The van der Waals surface area contributed by atoms with Crippen molar-refractivity contribution in [3.63, 3.8) is 0 Å². The molecule has 1 aromatic carbocycles. The number of halogens is 1. The van der Waals surface area contributed by atoms with Crippen LogP contribution in [0.25, 0.3) is 0 Å². The van der Waals surface area contributed by atoms with E-state index in [1.54, 1.807) is 19.2 Å². The molecule has 0 unspecified atom stereocenters. The molecular weight excluding hydrogens is 520 g/mol. The lowest BCUT2D eigenvalue weighted by Gasteiger charge is -2.53. The summed E-state index contributed by atoms with van der Waals surface area (Å²) in [4.78, 5) is 18.8. The van der Waals surface area contributed by atoms with Crippen LogP contribution < -0.4 is 5.32 Å². The number of nitrogens with zero attached hydrogens (tertiary/aromatic N) is 1. The lowest BCUT2D eigenvalue weighted by molar-refractivity contribution is -0.135. The third-order valence-corrected chi connectivity index (χ3v) is 11.3. The monoisotopic (exact) mass is 554 g/mol. The Bertz CT molecular complexity index is 1200. The van der Waals surface area contributed by atoms with Crippen LogP contribution in [0.15, 0.2) is 29.2 Å². The van der Waals surface area contributed by atoms with E-state index in [1.807, 2.05) is 6.92 Å². The maximum Gasteiger partial charge on any atom is 0.223 e. The molecular formula is C26H35ClN2O5S2. The predicted octanol–water partition coefficient (Wildman–Crippen LogP) is 4.22. The number of aliphatic hydroxyl groups excluding tert-OH is 1. The van der Waals surface area contributed by atoms with Gasteiger partial charge in [0.25, 0.3) is 0 Å². The van der Waals surface area contributed by atoms with Gasteiger partial charge in [0.15, 0.2) is 9.84 Å². The molecule has 0 aliphatic heterocycles. The number of aromatic nitrogens is 1. The summed E-state index contributed by atoms with van der Waals surface area (Å²) >= 11 is 7.38. The average molecular weight is 555 g/mol. The van der Waals surface area contributed by atoms with Crippen molar-refractivity contribution in [1.29, 1.82) is 0 Å². The second kappa shape index (κ2) is 10.7. The first-order valence-corrected chi connectivity index (χ1v) is 15.2. The van der Waals surface area contributed by atoms with Crippen LogP contribution in [-0.4, -0.2) is 50.8 Å². The van der Waals surface area contributed by atoms with E-state index < -0.39 is 15.9 Å². The van der Waals surface area contributed by atoms with Gasteiger partial charge in [0.1, 0.15) is 10.8 Å². The van der Waals surface area contributed by atoms with Crippen LogP contribution in [0.5, 0.6) is 0 Å². The Labute approximate surface area is 222 Å². The first kappa shape index (κ1) is 27.5. The molecule has 4 rings (SSSR count). The third-order valence-electron chi connectivity index (χ3n) is 8.11. The van der Waals surface area contributed by atoms with Crippen molar-refractivity contribution in [2.24, 2.45) is 23.2 Å². The molecule has 1 fully saturated rings. The van der Waals surface area contributed by atoms with Crippen molar-refractivity contribution in [1.82, 2.24) is 10.3 Å². The Hall–Kier alpha value is -1.52. The number of aliphatic hydroxyl groups is 1. The SMILES string of the molecule is COCCNC(=O)[C@@H](C)[C@@H]1CC[C@@]2(C)Cc3sc(CS(=O)(=O)c4ccc(Cl)cc4)nc3[C@@H](C)[C@@H]2[C@H]1O. The van der Waals surface area contributed by atoms with E-state index in [1.165, 1.54) is 23.5 Å². The number of sulfone groups is 1. The van der Waals surface area contributed by atoms with Gasteiger partial charge in [0, 0.05) is 35.4 Å². The fraction of sp³-hybridized carbons (Fsp3) is 0.615. The Morgan fingerprint density at radius 2 is 2.06 bits per heavy atom. The highest BCUT2D eigenvalue weighted by Gasteiger charge is 2.53. The molecule has 0 saturated heterocycles. The van der Waals surface area contributed by atoms with Gasteiger partial charge in [-0.3, -0.25) is 4.79 Å². The number of hydrogen-bond acceptors (Lipinski definition) is 7. The van der Waals surface area contributed by atoms with Crippen LogP contribution in [0, 0.1) is 23.2 Å². The Morgan fingerprint density at radius 3 is 2.72 bits per heavy atom. The van der Waals surface area contributed by atoms with Gasteiger partial charge < -0.3 is 15.2 Å². The summed E-state index contributed by atoms with van der Waals surface area (Å²) in [5.74, 6) is -0.773. The molecule has 1 aromatic heterocycles. The van der Waals surface area contributed by atoms with Gasteiger partial charge in [0.05, 0.1) is 23.3 Å². The van der Waals surface area contributed by atoms with Crippen molar-refractivity contribution >= 4 is 38.7 Å². The van der Waals surface area contributed by atoms with Crippen molar-refractivity contribution in [3.8, 4) is 0 Å².